The highest BCUT2D eigenvalue weighted by Crippen LogP contribution is 2.29. The molecule has 1 fully saturated rings. The summed E-state index contributed by atoms with van der Waals surface area (Å²) in [6.45, 7) is 4.27. The van der Waals surface area contributed by atoms with Crippen LogP contribution in [-0.2, 0) is 4.74 Å². The molecule has 1 N–H and O–H groups in total. The number of anilines is 1. The summed E-state index contributed by atoms with van der Waals surface area (Å²) in [6.07, 6.45) is 4.43. The molecule has 1 saturated heterocycles. The lowest BCUT2D eigenvalue weighted by molar-refractivity contribution is 0.267. The first-order chi connectivity index (χ1) is 12.3. The maximum Gasteiger partial charge on any atom is 0.213 e. The Morgan fingerprint density at radius 2 is 2.12 bits per heavy atom. The van der Waals surface area contributed by atoms with Gasteiger partial charge in [-0.1, -0.05) is 30.3 Å². The second kappa shape index (κ2) is 7.15. The van der Waals surface area contributed by atoms with Crippen molar-refractivity contribution in [3.05, 3.63) is 59.9 Å². The molecule has 0 amide bonds. The Kier molecular flexibility index (Phi) is 4.57. The van der Waals surface area contributed by atoms with Gasteiger partial charge >= 0.3 is 0 Å². The van der Waals surface area contributed by atoms with Crippen LogP contribution in [0, 0.1) is 6.92 Å². The number of hydrogen-bond donors (Lipinski definition) is 1. The van der Waals surface area contributed by atoms with Crippen molar-refractivity contribution in [2.24, 2.45) is 0 Å². The number of nitrogens with one attached hydrogen (secondary N) is 1. The summed E-state index contributed by atoms with van der Waals surface area (Å²) in [5.74, 6) is 1.56. The van der Waals surface area contributed by atoms with E-state index in [2.05, 4.69) is 27.3 Å². The molecule has 2 aliphatic heterocycles. The first-order valence-electron chi connectivity index (χ1n) is 8.80. The van der Waals surface area contributed by atoms with Crippen molar-refractivity contribution in [1.29, 1.82) is 0 Å². The number of ether oxygens (including phenoxy) is 2. The number of hydrogen-bond acceptors (Lipinski definition) is 5. The fourth-order valence-corrected chi connectivity index (χ4v) is 3.25. The molecule has 1 aromatic heterocycles. The molecular formula is C20H23N3O2. The molecule has 130 valence electrons. The monoisotopic (exact) mass is 337 g/mol. The maximum absolute atomic E-state index is 5.84. The van der Waals surface area contributed by atoms with Gasteiger partial charge in [0.15, 0.2) is 6.73 Å². The predicted molar refractivity (Wildman–Crippen MR) is 98.3 cm³/mol. The van der Waals surface area contributed by atoms with Gasteiger partial charge in [-0.25, -0.2) is 4.98 Å². The van der Waals surface area contributed by atoms with Gasteiger partial charge in [0.2, 0.25) is 5.88 Å². The third-order valence-corrected chi connectivity index (χ3v) is 4.63. The number of rotatable bonds is 5. The molecule has 0 aliphatic carbocycles. The Labute approximate surface area is 148 Å². The minimum atomic E-state index is 0.449. The molecule has 5 heteroatoms. The van der Waals surface area contributed by atoms with Crippen molar-refractivity contribution < 1.29 is 9.47 Å². The summed E-state index contributed by atoms with van der Waals surface area (Å²) in [7, 11) is 0. The molecule has 0 saturated carbocycles. The van der Waals surface area contributed by atoms with E-state index in [4.69, 9.17) is 9.47 Å². The van der Waals surface area contributed by atoms with Gasteiger partial charge in [0.05, 0.1) is 17.6 Å². The summed E-state index contributed by atoms with van der Waals surface area (Å²) >= 11 is 0. The summed E-state index contributed by atoms with van der Waals surface area (Å²) in [6, 6.07) is 14.6. The molecule has 5 nitrogen and oxygen atoms in total. The van der Waals surface area contributed by atoms with Crippen LogP contribution in [0.25, 0.3) is 5.76 Å². The van der Waals surface area contributed by atoms with E-state index in [-0.39, 0.29) is 0 Å². The molecule has 4 rings (SSSR count). The molecule has 0 spiro atoms. The number of pyridine rings is 1. The zero-order valence-corrected chi connectivity index (χ0v) is 14.4. The Bertz CT molecular complexity index is 755. The third-order valence-electron chi connectivity index (χ3n) is 4.63. The smallest absolute Gasteiger partial charge is 0.213 e. The van der Waals surface area contributed by atoms with E-state index >= 15 is 0 Å². The topological polar surface area (TPSA) is 46.6 Å². The maximum atomic E-state index is 5.84. The van der Waals surface area contributed by atoms with E-state index in [0.29, 0.717) is 25.3 Å². The van der Waals surface area contributed by atoms with E-state index in [0.717, 1.165) is 29.2 Å². The van der Waals surface area contributed by atoms with Crippen LogP contribution in [0.1, 0.15) is 24.1 Å². The van der Waals surface area contributed by atoms with Crippen LogP contribution in [0.3, 0.4) is 0 Å². The molecule has 2 aromatic rings. The Balaban J connectivity index is 1.45. The number of nitrogens with zero attached hydrogens (tertiary/aromatic N) is 2. The SMILES string of the molecule is Cc1nc(OC[C@@H]2CCCN2)ccc1N1C=C(c2ccccc2)OC1. The van der Waals surface area contributed by atoms with E-state index in [1.54, 1.807) is 0 Å². The Hall–Kier alpha value is -2.53. The summed E-state index contributed by atoms with van der Waals surface area (Å²) < 4.78 is 11.7. The van der Waals surface area contributed by atoms with E-state index in [9.17, 15) is 0 Å². The predicted octanol–water partition coefficient (Wildman–Crippen LogP) is 3.31. The minimum absolute atomic E-state index is 0.449. The molecule has 0 radical (unpaired) electrons. The summed E-state index contributed by atoms with van der Waals surface area (Å²) in [5, 5.41) is 3.43. The van der Waals surface area contributed by atoms with Crippen LogP contribution < -0.4 is 15.0 Å². The van der Waals surface area contributed by atoms with Gasteiger partial charge in [-0.05, 0) is 32.4 Å². The van der Waals surface area contributed by atoms with Crippen molar-refractivity contribution in [3.8, 4) is 5.88 Å². The van der Waals surface area contributed by atoms with Crippen LogP contribution in [0.2, 0.25) is 0 Å². The normalized spacial score (nSPS) is 19.6. The average Bonchev–Trinajstić information content (AvgIpc) is 3.33. The lowest BCUT2D eigenvalue weighted by Crippen LogP contribution is -2.28. The van der Waals surface area contributed by atoms with E-state index in [1.165, 1.54) is 12.8 Å². The van der Waals surface area contributed by atoms with Gasteiger partial charge in [0, 0.05) is 17.7 Å². The number of aromatic nitrogens is 1. The van der Waals surface area contributed by atoms with Crippen molar-refractivity contribution >= 4 is 11.4 Å². The van der Waals surface area contributed by atoms with E-state index < -0.39 is 0 Å². The fourth-order valence-electron chi connectivity index (χ4n) is 3.25. The average molecular weight is 337 g/mol. The Morgan fingerprint density at radius 3 is 2.88 bits per heavy atom. The summed E-state index contributed by atoms with van der Waals surface area (Å²) in [4.78, 5) is 6.68. The van der Waals surface area contributed by atoms with Crippen molar-refractivity contribution in [1.82, 2.24) is 10.3 Å². The van der Waals surface area contributed by atoms with Crippen molar-refractivity contribution in [3.63, 3.8) is 0 Å². The zero-order chi connectivity index (χ0) is 17.1. The van der Waals surface area contributed by atoms with E-state index in [1.807, 2.05) is 43.5 Å². The van der Waals surface area contributed by atoms with Crippen LogP contribution in [0.15, 0.2) is 48.7 Å². The largest absolute Gasteiger partial charge is 0.476 e. The van der Waals surface area contributed by atoms with Crippen molar-refractivity contribution in [2.45, 2.75) is 25.8 Å². The Morgan fingerprint density at radius 1 is 1.24 bits per heavy atom. The fraction of sp³-hybridized carbons (Fsp3) is 0.350. The number of benzene rings is 1. The minimum Gasteiger partial charge on any atom is -0.476 e. The quantitative estimate of drug-likeness (QED) is 0.907. The second-order valence-electron chi connectivity index (χ2n) is 6.46. The van der Waals surface area contributed by atoms with Gasteiger partial charge in [0.1, 0.15) is 12.4 Å². The highest BCUT2D eigenvalue weighted by molar-refractivity contribution is 5.67. The van der Waals surface area contributed by atoms with Crippen LogP contribution in [0.5, 0.6) is 5.88 Å². The molecular weight excluding hydrogens is 314 g/mol. The summed E-state index contributed by atoms with van der Waals surface area (Å²) in [5.41, 5.74) is 3.06. The molecule has 0 unspecified atom stereocenters. The first-order valence-corrected chi connectivity index (χ1v) is 8.80. The second-order valence-corrected chi connectivity index (χ2v) is 6.46. The standard InChI is InChI=1S/C20H23N3O2/c1-15-18(9-10-20(22-15)24-13-17-8-5-11-21-17)23-12-19(25-14-23)16-6-3-2-4-7-16/h2-4,6-7,9-10,12,17,21H,5,8,11,13-14H2,1H3/t17-/m0/s1. The van der Waals surface area contributed by atoms with Gasteiger partial charge in [-0.3, -0.25) is 0 Å². The first kappa shape index (κ1) is 16.0. The third kappa shape index (κ3) is 3.61. The van der Waals surface area contributed by atoms with Crippen LogP contribution >= 0.6 is 0 Å². The van der Waals surface area contributed by atoms with Gasteiger partial charge < -0.3 is 19.7 Å². The molecule has 25 heavy (non-hydrogen) atoms. The molecule has 0 bridgehead atoms. The van der Waals surface area contributed by atoms with Crippen molar-refractivity contribution in [2.75, 3.05) is 24.8 Å². The molecule has 3 heterocycles. The van der Waals surface area contributed by atoms with Gasteiger partial charge in [0.25, 0.3) is 0 Å². The highest BCUT2D eigenvalue weighted by Gasteiger charge is 2.19. The van der Waals surface area contributed by atoms with Gasteiger partial charge in [-0.2, -0.15) is 0 Å². The lowest BCUT2D eigenvalue weighted by Gasteiger charge is -2.17. The van der Waals surface area contributed by atoms with Gasteiger partial charge in [-0.15, -0.1) is 0 Å². The molecule has 2 aliphatic rings. The highest BCUT2D eigenvalue weighted by atomic mass is 16.5. The van der Waals surface area contributed by atoms with Crippen LogP contribution in [0.4, 0.5) is 5.69 Å². The van der Waals surface area contributed by atoms with Crippen LogP contribution in [-0.4, -0.2) is 30.9 Å². The number of aryl methyl sites for hydroxylation is 1. The zero-order valence-electron chi connectivity index (χ0n) is 14.4. The lowest BCUT2D eigenvalue weighted by atomic mass is 10.2. The molecule has 1 atom stereocenters. The molecule has 1 aromatic carbocycles.